The van der Waals surface area contributed by atoms with E-state index in [1.807, 2.05) is 11.3 Å². The fourth-order valence-electron chi connectivity index (χ4n) is 3.56. The molecule has 0 radical (unpaired) electrons. The highest BCUT2D eigenvalue weighted by molar-refractivity contribution is 7.16. The molecule has 3 aliphatic rings. The van der Waals surface area contributed by atoms with E-state index in [9.17, 15) is 5.26 Å². The second-order valence-electron chi connectivity index (χ2n) is 5.93. The second-order valence-corrected chi connectivity index (χ2v) is 7.02. The number of fused-ring (bicyclic) bond motifs is 1. The average molecular weight is 259 g/mol. The zero-order chi connectivity index (χ0) is 12.2. The lowest BCUT2D eigenvalue weighted by Gasteiger charge is -2.56. The van der Waals surface area contributed by atoms with Gasteiger partial charge in [0.15, 0.2) is 0 Å². The van der Waals surface area contributed by atoms with Crippen molar-refractivity contribution in [3.8, 4) is 6.07 Å². The first kappa shape index (κ1) is 10.8. The molecule has 4 heteroatoms. The minimum Gasteiger partial charge on any atom is -0.361 e. The van der Waals surface area contributed by atoms with Crippen LogP contribution >= 0.6 is 11.3 Å². The van der Waals surface area contributed by atoms with Crippen LogP contribution in [0.15, 0.2) is 0 Å². The van der Waals surface area contributed by atoms with Crippen LogP contribution in [0.5, 0.6) is 0 Å². The van der Waals surface area contributed by atoms with Crippen molar-refractivity contribution in [2.75, 3.05) is 24.5 Å². The molecule has 0 atom stereocenters. The molecule has 1 N–H and O–H groups in total. The van der Waals surface area contributed by atoms with Crippen LogP contribution in [0.4, 0.5) is 5.00 Å². The van der Waals surface area contributed by atoms with Gasteiger partial charge in [0.2, 0.25) is 0 Å². The minimum atomic E-state index is 0.634. The zero-order valence-electron chi connectivity index (χ0n) is 10.5. The van der Waals surface area contributed by atoms with Crippen LogP contribution in [-0.4, -0.2) is 19.6 Å². The summed E-state index contributed by atoms with van der Waals surface area (Å²) in [6.07, 6.45) is 5.23. The quantitative estimate of drug-likeness (QED) is 0.841. The van der Waals surface area contributed by atoms with E-state index in [0.29, 0.717) is 5.41 Å². The molecule has 1 saturated carbocycles. The normalized spacial score (nSPS) is 24.1. The van der Waals surface area contributed by atoms with E-state index < -0.39 is 0 Å². The van der Waals surface area contributed by atoms with Gasteiger partial charge in [0.1, 0.15) is 11.1 Å². The Kier molecular flexibility index (Phi) is 2.24. The molecule has 1 aromatic heterocycles. The van der Waals surface area contributed by atoms with E-state index in [2.05, 4.69) is 16.3 Å². The highest BCUT2D eigenvalue weighted by Crippen LogP contribution is 2.51. The molecule has 0 unspecified atom stereocenters. The Bertz CT molecular complexity index is 528. The first-order valence-electron chi connectivity index (χ1n) is 6.82. The largest absolute Gasteiger partial charge is 0.361 e. The number of hydrogen-bond acceptors (Lipinski definition) is 4. The van der Waals surface area contributed by atoms with E-state index >= 15 is 0 Å². The molecular formula is C14H17N3S. The van der Waals surface area contributed by atoms with Crippen molar-refractivity contribution in [1.82, 2.24) is 5.32 Å². The van der Waals surface area contributed by atoms with Gasteiger partial charge in [-0.2, -0.15) is 5.26 Å². The lowest BCUT2D eigenvalue weighted by atomic mass is 9.63. The molecular weight excluding hydrogens is 242 g/mol. The van der Waals surface area contributed by atoms with Crippen molar-refractivity contribution >= 4 is 16.3 Å². The van der Waals surface area contributed by atoms with Crippen LogP contribution in [0.25, 0.3) is 0 Å². The molecule has 1 spiro atoms. The number of thiophene rings is 1. The van der Waals surface area contributed by atoms with Crippen molar-refractivity contribution in [3.05, 3.63) is 16.0 Å². The lowest BCUT2D eigenvalue weighted by molar-refractivity contribution is 0.0910. The van der Waals surface area contributed by atoms with Crippen molar-refractivity contribution < 1.29 is 0 Å². The zero-order valence-corrected chi connectivity index (χ0v) is 11.3. The highest BCUT2D eigenvalue weighted by Gasteiger charge is 2.48. The van der Waals surface area contributed by atoms with Gasteiger partial charge < -0.3 is 10.2 Å². The molecule has 1 aliphatic carbocycles. The lowest BCUT2D eigenvalue weighted by Crippen LogP contribution is -2.59. The molecule has 2 fully saturated rings. The van der Waals surface area contributed by atoms with E-state index in [1.165, 1.54) is 47.8 Å². The van der Waals surface area contributed by atoms with E-state index in [-0.39, 0.29) is 0 Å². The van der Waals surface area contributed by atoms with Gasteiger partial charge in [-0.05, 0) is 31.4 Å². The van der Waals surface area contributed by atoms with Gasteiger partial charge in [-0.1, -0.05) is 6.42 Å². The Morgan fingerprint density at radius 3 is 2.83 bits per heavy atom. The van der Waals surface area contributed by atoms with E-state index in [4.69, 9.17) is 0 Å². The summed E-state index contributed by atoms with van der Waals surface area (Å²) in [5.74, 6) is 0. The molecule has 0 bridgehead atoms. The van der Waals surface area contributed by atoms with Gasteiger partial charge in [-0.15, -0.1) is 11.3 Å². The maximum atomic E-state index is 9.44. The molecule has 3 heterocycles. The first-order chi connectivity index (χ1) is 8.81. The summed E-state index contributed by atoms with van der Waals surface area (Å²) in [6.45, 7) is 4.35. The molecule has 1 aromatic rings. The number of rotatable bonds is 1. The summed E-state index contributed by atoms with van der Waals surface area (Å²) < 4.78 is 0. The Morgan fingerprint density at radius 2 is 2.17 bits per heavy atom. The number of nitriles is 1. The molecule has 2 aliphatic heterocycles. The fourth-order valence-corrected chi connectivity index (χ4v) is 4.82. The summed E-state index contributed by atoms with van der Waals surface area (Å²) in [4.78, 5) is 3.84. The number of hydrogen-bond donors (Lipinski definition) is 1. The molecule has 94 valence electrons. The van der Waals surface area contributed by atoms with Crippen LogP contribution in [0, 0.1) is 16.7 Å². The van der Waals surface area contributed by atoms with Crippen LogP contribution in [0.3, 0.4) is 0 Å². The van der Waals surface area contributed by atoms with Gasteiger partial charge in [0, 0.05) is 29.9 Å². The average Bonchev–Trinajstić information content (AvgIpc) is 2.63. The topological polar surface area (TPSA) is 39.1 Å². The standard InChI is InChI=1S/C14H17N3S/c15-6-11-10-2-5-16-7-12(10)18-13(11)17-8-14(9-17)3-1-4-14/h16H,1-5,7-9H2. The fraction of sp³-hybridized carbons (Fsp3) is 0.643. The first-order valence-corrected chi connectivity index (χ1v) is 7.63. The maximum Gasteiger partial charge on any atom is 0.110 e. The Balaban J connectivity index is 1.65. The van der Waals surface area contributed by atoms with Gasteiger partial charge in [-0.25, -0.2) is 0 Å². The summed E-state index contributed by atoms with van der Waals surface area (Å²) in [5, 5.41) is 14.1. The summed E-state index contributed by atoms with van der Waals surface area (Å²) >= 11 is 1.85. The van der Waals surface area contributed by atoms with Crippen LogP contribution in [0.1, 0.15) is 35.3 Å². The summed E-state index contributed by atoms with van der Waals surface area (Å²) in [6, 6.07) is 2.46. The number of nitrogens with one attached hydrogen (secondary N) is 1. The van der Waals surface area contributed by atoms with Crippen molar-refractivity contribution in [2.45, 2.75) is 32.2 Å². The Morgan fingerprint density at radius 1 is 1.33 bits per heavy atom. The van der Waals surface area contributed by atoms with Gasteiger partial charge in [0.05, 0.1) is 5.56 Å². The second kappa shape index (κ2) is 3.72. The van der Waals surface area contributed by atoms with Gasteiger partial charge in [-0.3, -0.25) is 0 Å². The predicted molar refractivity (Wildman–Crippen MR) is 72.9 cm³/mol. The minimum absolute atomic E-state index is 0.634. The Hall–Kier alpha value is -1.05. The SMILES string of the molecule is N#Cc1c(N2CC3(CCC3)C2)sc2c1CCNC2. The summed E-state index contributed by atoms with van der Waals surface area (Å²) in [7, 11) is 0. The van der Waals surface area contributed by atoms with Crippen LogP contribution < -0.4 is 10.2 Å². The predicted octanol–water partition coefficient (Wildman–Crippen LogP) is 2.26. The maximum absolute atomic E-state index is 9.44. The third-order valence-electron chi connectivity index (χ3n) is 4.78. The van der Waals surface area contributed by atoms with Crippen LogP contribution in [0.2, 0.25) is 0 Å². The number of anilines is 1. The smallest absolute Gasteiger partial charge is 0.110 e. The van der Waals surface area contributed by atoms with E-state index in [1.54, 1.807) is 0 Å². The van der Waals surface area contributed by atoms with Gasteiger partial charge in [0.25, 0.3) is 0 Å². The Labute approximate surface area is 111 Å². The molecule has 0 amide bonds. The molecule has 4 rings (SSSR count). The third kappa shape index (κ3) is 1.38. The highest BCUT2D eigenvalue weighted by atomic mass is 32.1. The molecule has 0 aromatic carbocycles. The molecule has 18 heavy (non-hydrogen) atoms. The van der Waals surface area contributed by atoms with Crippen LogP contribution in [-0.2, 0) is 13.0 Å². The number of nitrogens with zero attached hydrogens (tertiary/aromatic N) is 2. The summed E-state index contributed by atoms with van der Waals surface area (Å²) in [5.41, 5.74) is 2.94. The van der Waals surface area contributed by atoms with Crippen molar-refractivity contribution in [2.24, 2.45) is 5.41 Å². The van der Waals surface area contributed by atoms with Crippen molar-refractivity contribution in [1.29, 1.82) is 5.26 Å². The van der Waals surface area contributed by atoms with E-state index in [0.717, 1.165) is 25.1 Å². The van der Waals surface area contributed by atoms with Crippen molar-refractivity contribution in [3.63, 3.8) is 0 Å². The third-order valence-corrected chi connectivity index (χ3v) is 6.07. The monoisotopic (exact) mass is 259 g/mol. The molecule has 1 saturated heterocycles. The molecule has 3 nitrogen and oxygen atoms in total. The van der Waals surface area contributed by atoms with Gasteiger partial charge >= 0.3 is 0 Å².